The van der Waals surface area contributed by atoms with Crippen molar-refractivity contribution in [3.8, 4) is 5.75 Å². The van der Waals surface area contributed by atoms with Gasteiger partial charge in [0.15, 0.2) is 0 Å². The van der Waals surface area contributed by atoms with Crippen molar-refractivity contribution in [3.63, 3.8) is 0 Å². The van der Waals surface area contributed by atoms with E-state index in [1.807, 2.05) is 4.90 Å². The number of halogens is 3. The number of amides is 2. The molecule has 0 unspecified atom stereocenters. The van der Waals surface area contributed by atoms with Crippen molar-refractivity contribution in [2.24, 2.45) is 5.92 Å². The van der Waals surface area contributed by atoms with Crippen LogP contribution in [0.25, 0.3) is 0 Å². The number of piperazine rings is 1. The molecule has 150 valence electrons. The molecule has 0 spiro atoms. The minimum atomic E-state index is -4.75. The third kappa shape index (κ3) is 5.47. The summed E-state index contributed by atoms with van der Waals surface area (Å²) < 4.78 is 40.4. The molecular weight excluding hydrogens is 371 g/mol. The Morgan fingerprint density at radius 1 is 1.15 bits per heavy atom. The molecule has 8 nitrogen and oxygen atoms in total. The van der Waals surface area contributed by atoms with Gasteiger partial charge in [-0.15, -0.1) is 13.2 Å². The monoisotopic (exact) mass is 391 g/mol. The number of carbonyl (C=O) groups is 2. The summed E-state index contributed by atoms with van der Waals surface area (Å²) in [5.74, 6) is -2.83. The molecule has 0 radical (unpaired) electrons. The number of hydrogen-bond donors (Lipinski definition) is 3. The molecule has 2 amide bonds. The van der Waals surface area contributed by atoms with Gasteiger partial charge in [0.1, 0.15) is 11.9 Å². The summed E-state index contributed by atoms with van der Waals surface area (Å²) >= 11 is 0. The first-order chi connectivity index (χ1) is 12.6. The number of nitrogens with zero attached hydrogens (tertiary/aromatic N) is 2. The van der Waals surface area contributed by atoms with Crippen LogP contribution < -0.4 is 15.1 Å². The van der Waals surface area contributed by atoms with Crippen LogP contribution in [0.15, 0.2) is 24.3 Å². The van der Waals surface area contributed by atoms with Crippen LogP contribution >= 0.6 is 0 Å². The molecule has 0 saturated carbocycles. The van der Waals surface area contributed by atoms with Gasteiger partial charge in [0, 0.05) is 31.9 Å². The number of hydrogen-bond acceptors (Lipinski definition) is 6. The number of hydroxylamine groups is 1. The van der Waals surface area contributed by atoms with E-state index in [2.05, 4.69) is 4.74 Å². The second kappa shape index (κ2) is 8.44. The summed E-state index contributed by atoms with van der Waals surface area (Å²) in [4.78, 5) is 26.9. The largest absolute Gasteiger partial charge is 0.573 e. The summed E-state index contributed by atoms with van der Waals surface area (Å²) in [6.45, 7) is 2.88. The smallest absolute Gasteiger partial charge is 0.406 e. The van der Waals surface area contributed by atoms with Crippen molar-refractivity contribution < 1.29 is 37.8 Å². The maximum atomic E-state index is 12.3. The Labute approximate surface area is 153 Å². The number of nitrogens with one attached hydrogen (secondary N) is 1. The predicted molar refractivity (Wildman–Crippen MR) is 87.0 cm³/mol. The molecule has 2 rings (SSSR count). The molecular formula is C16H20F3N3O5. The molecule has 2 atom stereocenters. The molecule has 1 saturated heterocycles. The third-order valence-corrected chi connectivity index (χ3v) is 4.27. The Hall–Kier alpha value is -2.53. The first-order valence-corrected chi connectivity index (χ1v) is 8.14. The van der Waals surface area contributed by atoms with Gasteiger partial charge in [-0.1, -0.05) is 6.92 Å². The van der Waals surface area contributed by atoms with E-state index >= 15 is 0 Å². The molecule has 3 N–H and O–H groups in total. The quantitative estimate of drug-likeness (QED) is 0.505. The topological polar surface area (TPSA) is 102 Å². The van der Waals surface area contributed by atoms with Crippen LogP contribution in [0.3, 0.4) is 0 Å². The second-order valence-electron chi connectivity index (χ2n) is 6.06. The highest BCUT2D eigenvalue weighted by molar-refractivity contribution is 5.88. The van der Waals surface area contributed by atoms with Crippen molar-refractivity contribution in [2.75, 3.05) is 31.1 Å². The van der Waals surface area contributed by atoms with Crippen LogP contribution in [-0.2, 0) is 9.59 Å². The van der Waals surface area contributed by atoms with Crippen molar-refractivity contribution in [3.05, 3.63) is 24.3 Å². The summed E-state index contributed by atoms with van der Waals surface area (Å²) in [7, 11) is 0. The van der Waals surface area contributed by atoms with Crippen LogP contribution in [0, 0.1) is 5.92 Å². The maximum absolute atomic E-state index is 12.3. The molecule has 1 aliphatic rings. The first-order valence-electron chi connectivity index (χ1n) is 8.14. The van der Waals surface area contributed by atoms with Crippen LogP contribution in [0.5, 0.6) is 5.75 Å². The number of alkyl halides is 3. The number of rotatable bonds is 5. The molecule has 1 fully saturated rings. The number of ether oxygens (including phenoxy) is 1. The lowest BCUT2D eigenvalue weighted by Gasteiger charge is -2.37. The van der Waals surface area contributed by atoms with Gasteiger partial charge in [-0.25, -0.2) is 5.48 Å². The highest BCUT2D eigenvalue weighted by Crippen LogP contribution is 2.26. The Morgan fingerprint density at radius 2 is 1.70 bits per heavy atom. The highest BCUT2D eigenvalue weighted by Gasteiger charge is 2.33. The van der Waals surface area contributed by atoms with E-state index in [0.29, 0.717) is 31.9 Å². The van der Waals surface area contributed by atoms with Crippen molar-refractivity contribution in [1.29, 1.82) is 0 Å². The lowest BCUT2D eigenvalue weighted by Crippen LogP contribution is -2.52. The Kier molecular flexibility index (Phi) is 6.50. The zero-order valence-corrected chi connectivity index (χ0v) is 14.4. The van der Waals surface area contributed by atoms with E-state index in [9.17, 15) is 27.9 Å². The van der Waals surface area contributed by atoms with Crippen LogP contribution in [0.1, 0.15) is 6.92 Å². The van der Waals surface area contributed by atoms with Gasteiger partial charge in [-0.3, -0.25) is 14.8 Å². The Balaban J connectivity index is 1.91. The van der Waals surface area contributed by atoms with Gasteiger partial charge in [0.05, 0.1) is 5.92 Å². The van der Waals surface area contributed by atoms with Gasteiger partial charge < -0.3 is 19.6 Å². The fourth-order valence-corrected chi connectivity index (χ4v) is 2.76. The van der Waals surface area contributed by atoms with E-state index in [-0.39, 0.29) is 5.75 Å². The van der Waals surface area contributed by atoms with Crippen LogP contribution in [0.2, 0.25) is 0 Å². The lowest BCUT2D eigenvalue weighted by atomic mass is 10.0. The lowest BCUT2D eigenvalue weighted by molar-refractivity contribution is -0.274. The van der Waals surface area contributed by atoms with Gasteiger partial charge in [0.25, 0.3) is 5.91 Å². The van der Waals surface area contributed by atoms with Gasteiger partial charge >= 0.3 is 6.36 Å². The number of anilines is 1. The molecule has 1 heterocycles. The molecule has 1 aromatic carbocycles. The second-order valence-corrected chi connectivity index (χ2v) is 6.06. The van der Waals surface area contributed by atoms with E-state index in [4.69, 9.17) is 5.21 Å². The summed E-state index contributed by atoms with van der Waals surface area (Å²) in [5, 5.41) is 18.2. The van der Waals surface area contributed by atoms with E-state index in [1.165, 1.54) is 41.6 Å². The predicted octanol–water partition coefficient (Wildman–Crippen LogP) is 0.736. The van der Waals surface area contributed by atoms with Gasteiger partial charge in [-0.2, -0.15) is 0 Å². The molecule has 0 aliphatic carbocycles. The Morgan fingerprint density at radius 3 is 2.19 bits per heavy atom. The highest BCUT2D eigenvalue weighted by atomic mass is 19.4. The average Bonchev–Trinajstić information content (AvgIpc) is 2.65. The summed E-state index contributed by atoms with van der Waals surface area (Å²) in [5.41, 5.74) is 1.99. The number of benzene rings is 1. The molecule has 11 heteroatoms. The maximum Gasteiger partial charge on any atom is 0.573 e. The number of aliphatic hydroxyl groups is 1. The summed E-state index contributed by atoms with van der Waals surface area (Å²) in [6.07, 6.45) is -6.41. The van der Waals surface area contributed by atoms with E-state index in [1.54, 1.807) is 0 Å². The first kappa shape index (κ1) is 20.8. The SMILES string of the molecule is C[C@H](C(=O)N1CCN(c2ccc(OC(F)(F)F)cc2)CC1)[C@H](O)C(=O)NO. The van der Waals surface area contributed by atoms with Gasteiger partial charge in [-0.05, 0) is 24.3 Å². The zero-order valence-electron chi connectivity index (χ0n) is 14.4. The molecule has 0 bridgehead atoms. The van der Waals surface area contributed by atoms with Crippen LogP contribution in [0.4, 0.5) is 18.9 Å². The average molecular weight is 391 g/mol. The summed E-state index contributed by atoms with van der Waals surface area (Å²) in [6, 6.07) is 5.42. The molecule has 27 heavy (non-hydrogen) atoms. The van der Waals surface area contributed by atoms with Crippen LogP contribution in [-0.4, -0.2) is 65.7 Å². The molecule has 1 aliphatic heterocycles. The fourth-order valence-electron chi connectivity index (χ4n) is 2.76. The normalized spacial score (nSPS) is 17.3. The van der Waals surface area contributed by atoms with E-state index < -0.39 is 30.2 Å². The number of aliphatic hydroxyl groups excluding tert-OH is 1. The van der Waals surface area contributed by atoms with Crippen molar-refractivity contribution in [2.45, 2.75) is 19.4 Å². The standard InChI is InChI=1S/C16H20F3N3O5/c1-10(13(23)14(24)20-26)15(25)22-8-6-21(7-9-22)11-2-4-12(5-3-11)27-16(17,18)19/h2-5,10,13,23,26H,6-9H2,1H3,(H,20,24)/t10-,13-/m0/s1. The third-order valence-electron chi connectivity index (χ3n) is 4.27. The minimum absolute atomic E-state index is 0.315. The number of carbonyl (C=O) groups excluding carboxylic acids is 2. The van der Waals surface area contributed by atoms with Crippen molar-refractivity contribution in [1.82, 2.24) is 10.4 Å². The fraction of sp³-hybridized carbons (Fsp3) is 0.500. The van der Waals surface area contributed by atoms with Crippen molar-refractivity contribution >= 4 is 17.5 Å². The molecule has 1 aromatic rings. The minimum Gasteiger partial charge on any atom is -0.406 e. The van der Waals surface area contributed by atoms with Gasteiger partial charge in [0.2, 0.25) is 5.91 Å². The van der Waals surface area contributed by atoms with E-state index in [0.717, 1.165) is 0 Å². The molecule has 0 aromatic heterocycles. The zero-order chi connectivity index (χ0) is 20.2. The Bertz CT molecular complexity index is 660.